The van der Waals surface area contributed by atoms with Crippen LogP contribution in [0, 0.1) is 12.3 Å². The summed E-state index contributed by atoms with van der Waals surface area (Å²) in [5.74, 6) is 3.31. The number of nitrogens with one attached hydrogen (secondary N) is 2. The summed E-state index contributed by atoms with van der Waals surface area (Å²) in [5.41, 5.74) is 7.02. The minimum absolute atomic E-state index is 0.0509. The normalized spacial score (nSPS) is 11.8. The van der Waals surface area contributed by atoms with Gasteiger partial charge in [0, 0.05) is 44.6 Å². The van der Waals surface area contributed by atoms with Crippen molar-refractivity contribution in [1.29, 1.82) is 0 Å². The van der Waals surface area contributed by atoms with Gasteiger partial charge in [0.2, 0.25) is 5.91 Å². The van der Waals surface area contributed by atoms with Crippen molar-refractivity contribution in [2.45, 2.75) is 19.8 Å². The van der Waals surface area contributed by atoms with Crippen LogP contribution >= 0.6 is 0 Å². The number of likely N-dealkylation sites (N-methyl/N-ethyl adjacent to an activating group) is 1. The Hall–Kier alpha value is -4.60. The highest BCUT2D eigenvalue weighted by Gasteiger charge is 2.14. The summed E-state index contributed by atoms with van der Waals surface area (Å²) >= 11 is 0. The fourth-order valence-electron chi connectivity index (χ4n) is 4.55. The molecule has 0 atom stereocenters. The van der Waals surface area contributed by atoms with Crippen LogP contribution in [0.4, 0.5) is 0 Å². The van der Waals surface area contributed by atoms with Gasteiger partial charge in [-0.3, -0.25) is 9.89 Å². The van der Waals surface area contributed by atoms with E-state index >= 15 is 0 Å². The van der Waals surface area contributed by atoms with E-state index in [-0.39, 0.29) is 5.91 Å². The maximum absolute atomic E-state index is 12.0. The summed E-state index contributed by atoms with van der Waals surface area (Å²) in [4.78, 5) is 13.6. The van der Waals surface area contributed by atoms with E-state index in [1.54, 1.807) is 18.0 Å². The summed E-state index contributed by atoms with van der Waals surface area (Å²) in [5, 5.41) is 11.6. The number of terminal acetylenes is 1. The molecule has 0 aliphatic carbocycles. The fraction of sp³-hybridized carbons (Fsp3) is 0.235. The first-order chi connectivity index (χ1) is 19.6. The number of hydrogen-bond acceptors (Lipinski definition) is 4. The minimum atomic E-state index is -0.0509. The van der Waals surface area contributed by atoms with Crippen LogP contribution in [0.3, 0.4) is 0 Å². The maximum Gasteiger partial charge on any atom is 0.246 e. The lowest BCUT2D eigenvalue weighted by Gasteiger charge is -2.17. The van der Waals surface area contributed by atoms with E-state index in [1.807, 2.05) is 30.5 Å². The predicted molar refractivity (Wildman–Crippen MR) is 164 cm³/mol. The SMILES string of the molecule is C#CCCN(C)C(=O)/C=C/CNCCOc1ccc(/C(=C(/CC)c2ccccc2)c2ccc3[nH]ncc3c2)cc1. The van der Waals surface area contributed by atoms with Gasteiger partial charge < -0.3 is 15.0 Å². The molecule has 1 heterocycles. The molecule has 0 fully saturated rings. The van der Waals surface area contributed by atoms with E-state index < -0.39 is 0 Å². The van der Waals surface area contributed by atoms with Crippen LogP contribution in [0.1, 0.15) is 36.5 Å². The van der Waals surface area contributed by atoms with Gasteiger partial charge in [-0.05, 0) is 58.5 Å². The number of hydrogen-bond donors (Lipinski definition) is 2. The maximum atomic E-state index is 12.0. The zero-order valence-electron chi connectivity index (χ0n) is 23.2. The van der Waals surface area contributed by atoms with Gasteiger partial charge in [0.15, 0.2) is 0 Å². The number of amides is 1. The smallest absolute Gasteiger partial charge is 0.246 e. The Kier molecular flexibility index (Phi) is 10.3. The molecule has 0 aliphatic heterocycles. The Morgan fingerprint density at radius 2 is 1.85 bits per heavy atom. The average Bonchev–Trinajstić information content (AvgIpc) is 3.47. The van der Waals surface area contributed by atoms with Gasteiger partial charge in [-0.15, -0.1) is 12.3 Å². The molecule has 6 heteroatoms. The molecule has 40 heavy (non-hydrogen) atoms. The average molecular weight is 533 g/mol. The number of benzene rings is 3. The van der Waals surface area contributed by atoms with Crippen molar-refractivity contribution in [3.05, 3.63) is 108 Å². The highest BCUT2D eigenvalue weighted by molar-refractivity contribution is 6.00. The lowest BCUT2D eigenvalue weighted by atomic mass is 9.88. The largest absolute Gasteiger partial charge is 0.492 e. The van der Waals surface area contributed by atoms with Gasteiger partial charge in [-0.25, -0.2) is 0 Å². The van der Waals surface area contributed by atoms with E-state index in [9.17, 15) is 4.79 Å². The second-order valence-corrected chi connectivity index (χ2v) is 9.44. The van der Waals surface area contributed by atoms with Crippen LogP contribution in [0.5, 0.6) is 5.75 Å². The van der Waals surface area contributed by atoms with Crippen LogP contribution in [-0.2, 0) is 4.79 Å². The number of rotatable bonds is 13. The molecule has 1 aromatic heterocycles. The number of fused-ring (bicyclic) bond motifs is 1. The molecule has 0 saturated carbocycles. The Labute approximate surface area is 236 Å². The Morgan fingerprint density at radius 3 is 2.60 bits per heavy atom. The molecule has 4 rings (SSSR count). The van der Waals surface area contributed by atoms with Gasteiger partial charge in [-0.2, -0.15) is 5.10 Å². The van der Waals surface area contributed by atoms with Crippen molar-refractivity contribution >= 4 is 28.0 Å². The molecule has 0 aliphatic rings. The predicted octanol–water partition coefficient (Wildman–Crippen LogP) is 5.94. The third-order valence-corrected chi connectivity index (χ3v) is 6.69. The van der Waals surface area contributed by atoms with Crippen molar-refractivity contribution in [3.8, 4) is 18.1 Å². The van der Waals surface area contributed by atoms with Crippen LogP contribution in [0.25, 0.3) is 22.0 Å². The third-order valence-electron chi connectivity index (χ3n) is 6.69. The van der Waals surface area contributed by atoms with Gasteiger partial charge in [0.05, 0.1) is 11.7 Å². The van der Waals surface area contributed by atoms with Crippen molar-refractivity contribution in [1.82, 2.24) is 20.4 Å². The zero-order chi connectivity index (χ0) is 28.2. The third kappa shape index (κ3) is 7.49. The van der Waals surface area contributed by atoms with E-state index in [0.717, 1.165) is 34.2 Å². The number of H-pyrrole nitrogens is 1. The van der Waals surface area contributed by atoms with Crippen LogP contribution in [0.2, 0.25) is 0 Å². The summed E-state index contributed by atoms with van der Waals surface area (Å²) in [7, 11) is 1.75. The first-order valence-corrected chi connectivity index (χ1v) is 13.6. The molecular weight excluding hydrogens is 496 g/mol. The number of carbonyl (C=O) groups is 1. The first kappa shape index (κ1) is 28.4. The summed E-state index contributed by atoms with van der Waals surface area (Å²) in [6, 6.07) is 25.3. The topological polar surface area (TPSA) is 70.2 Å². The van der Waals surface area contributed by atoms with Crippen molar-refractivity contribution in [3.63, 3.8) is 0 Å². The lowest BCUT2D eigenvalue weighted by molar-refractivity contribution is -0.124. The standard InChI is InChI=1S/C34H36N4O2/c1-4-6-22-38(3)33(39)13-10-20-35-21-23-40-30-17-14-27(15-18-30)34(31(5-2)26-11-8-7-9-12-26)28-16-19-32-29(24-28)25-36-37-32/h1,7-19,24-25,35H,5-6,20-23H2,2-3H3,(H,36,37)/b13-10+,34-31+. The number of allylic oxidation sites excluding steroid dienone is 1. The molecule has 1 amide bonds. The summed E-state index contributed by atoms with van der Waals surface area (Å²) in [6.07, 6.45) is 11.9. The molecule has 3 aromatic carbocycles. The molecule has 0 bridgehead atoms. The first-order valence-electron chi connectivity index (χ1n) is 13.6. The number of nitrogens with zero attached hydrogens (tertiary/aromatic N) is 2. The second kappa shape index (κ2) is 14.5. The van der Waals surface area contributed by atoms with Gasteiger partial charge in [0.1, 0.15) is 12.4 Å². The monoisotopic (exact) mass is 532 g/mol. The molecule has 0 saturated heterocycles. The van der Waals surface area contributed by atoms with Gasteiger partial charge >= 0.3 is 0 Å². The number of ether oxygens (including phenoxy) is 1. The summed E-state index contributed by atoms with van der Waals surface area (Å²) < 4.78 is 5.97. The molecule has 0 spiro atoms. The van der Waals surface area contributed by atoms with E-state index in [2.05, 4.69) is 83.0 Å². The van der Waals surface area contributed by atoms with E-state index in [4.69, 9.17) is 11.2 Å². The van der Waals surface area contributed by atoms with Crippen molar-refractivity contribution < 1.29 is 9.53 Å². The molecule has 2 N–H and O–H groups in total. The molecule has 0 radical (unpaired) electrons. The summed E-state index contributed by atoms with van der Waals surface area (Å²) in [6.45, 7) is 4.53. The zero-order valence-corrected chi connectivity index (χ0v) is 23.2. The van der Waals surface area contributed by atoms with Gasteiger partial charge in [-0.1, -0.05) is 61.5 Å². The van der Waals surface area contributed by atoms with Crippen molar-refractivity contribution in [2.75, 3.05) is 33.3 Å². The number of aromatic amines is 1. The molecular formula is C34H36N4O2. The highest BCUT2D eigenvalue weighted by atomic mass is 16.5. The second-order valence-electron chi connectivity index (χ2n) is 9.44. The van der Waals surface area contributed by atoms with E-state index in [0.29, 0.717) is 32.7 Å². The highest BCUT2D eigenvalue weighted by Crippen LogP contribution is 2.36. The fourth-order valence-corrected chi connectivity index (χ4v) is 4.55. The molecule has 204 valence electrons. The number of carbonyl (C=O) groups excluding carboxylic acids is 1. The van der Waals surface area contributed by atoms with Crippen LogP contribution < -0.4 is 10.1 Å². The molecule has 6 nitrogen and oxygen atoms in total. The van der Waals surface area contributed by atoms with Crippen LogP contribution in [-0.4, -0.2) is 54.3 Å². The quantitative estimate of drug-likeness (QED) is 0.0968. The Bertz CT molecular complexity index is 1490. The van der Waals surface area contributed by atoms with Crippen LogP contribution in [0.15, 0.2) is 91.1 Å². The lowest BCUT2D eigenvalue weighted by Crippen LogP contribution is -2.26. The Balaban J connectivity index is 1.41. The van der Waals surface area contributed by atoms with E-state index in [1.165, 1.54) is 16.7 Å². The molecule has 4 aromatic rings. The van der Waals surface area contributed by atoms with Crippen molar-refractivity contribution in [2.24, 2.45) is 0 Å². The molecule has 0 unspecified atom stereocenters. The minimum Gasteiger partial charge on any atom is -0.492 e. The Morgan fingerprint density at radius 1 is 1.07 bits per heavy atom. The number of aromatic nitrogens is 2. The van der Waals surface area contributed by atoms with Gasteiger partial charge in [0.25, 0.3) is 0 Å².